The highest BCUT2D eigenvalue weighted by atomic mass is 16.6. The topological polar surface area (TPSA) is 95.0 Å². The predicted molar refractivity (Wildman–Crippen MR) is 150 cm³/mol. The summed E-state index contributed by atoms with van der Waals surface area (Å²) in [6.07, 6.45) is -0.386. The highest BCUT2D eigenvalue weighted by molar-refractivity contribution is 5.47. The molecule has 3 aromatic carbocycles. The van der Waals surface area contributed by atoms with E-state index in [0.29, 0.717) is 19.8 Å². The van der Waals surface area contributed by atoms with E-state index in [0.717, 1.165) is 16.7 Å². The zero-order chi connectivity index (χ0) is 27.8. The van der Waals surface area contributed by atoms with Crippen LogP contribution in [0.1, 0.15) is 22.9 Å². The summed E-state index contributed by atoms with van der Waals surface area (Å²) in [5, 5.41) is 0. The van der Waals surface area contributed by atoms with Crippen LogP contribution in [-0.4, -0.2) is 65.3 Å². The van der Waals surface area contributed by atoms with E-state index in [2.05, 4.69) is 46.3 Å². The van der Waals surface area contributed by atoms with Crippen LogP contribution in [0.15, 0.2) is 113 Å². The first kappa shape index (κ1) is 26.1. The monoisotopic (exact) mass is 553 g/mol. The quantitative estimate of drug-likeness (QED) is 0.352. The SMILES string of the molecule is O=c1ccn([C@@H]2O[C@H](COC(c3ccccc3)(c3ccccc3)c3ccccc3)[C@@H]3[C@H]2OC2COCCN23)c(=O)[nH]1. The van der Waals surface area contributed by atoms with E-state index in [4.69, 9.17) is 18.9 Å². The molecule has 0 aliphatic carbocycles. The maximum absolute atomic E-state index is 12.8. The van der Waals surface area contributed by atoms with Gasteiger partial charge in [0.1, 0.15) is 24.0 Å². The van der Waals surface area contributed by atoms with E-state index in [9.17, 15) is 9.59 Å². The molecular weight excluding hydrogens is 522 g/mol. The molecule has 3 aliphatic heterocycles. The Labute approximate surface area is 236 Å². The molecule has 9 heteroatoms. The molecule has 7 rings (SSSR count). The molecule has 3 fully saturated rings. The van der Waals surface area contributed by atoms with Crippen LogP contribution in [0.5, 0.6) is 0 Å². The fourth-order valence-electron chi connectivity index (χ4n) is 6.47. The lowest BCUT2D eigenvalue weighted by atomic mass is 9.80. The van der Waals surface area contributed by atoms with Crippen molar-refractivity contribution in [3.8, 4) is 0 Å². The molecule has 0 radical (unpaired) electrons. The molecule has 1 unspecified atom stereocenters. The third kappa shape index (κ3) is 4.56. The highest BCUT2D eigenvalue weighted by Crippen LogP contribution is 2.44. The number of aromatic nitrogens is 2. The third-order valence-electron chi connectivity index (χ3n) is 8.26. The van der Waals surface area contributed by atoms with E-state index in [1.54, 1.807) is 0 Å². The number of rotatable bonds is 7. The molecule has 0 saturated carbocycles. The molecular formula is C32H31N3O6. The highest BCUT2D eigenvalue weighted by Gasteiger charge is 2.57. The lowest BCUT2D eigenvalue weighted by Crippen LogP contribution is -2.51. The van der Waals surface area contributed by atoms with Crippen LogP contribution in [0.2, 0.25) is 0 Å². The summed E-state index contributed by atoms with van der Waals surface area (Å²) in [5.74, 6) is 0. The zero-order valence-electron chi connectivity index (χ0n) is 22.4. The molecule has 1 aromatic heterocycles. The number of morpholine rings is 1. The second kappa shape index (κ2) is 10.8. The number of aromatic amines is 1. The van der Waals surface area contributed by atoms with Crippen LogP contribution < -0.4 is 11.2 Å². The van der Waals surface area contributed by atoms with Crippen molar-refractivity contribution >= 4 is 0 Å². The summed E-state index contributed by atoms with van der Waals surface area (Å²) >= 11 is 0. The molecule has 0 bridgehead atoms. The van der Waals surface area contributed by atoms with Gasteiger partial charge in [-0.25, -0.2) is 4.79 Å². The average Bonchev–Trinajstić information content (AvgIpc) is 3.57. The first-order chi connectivity index (χ1) is 20.1. The van der Waals surface area contributed by atoms with Gasteiger partial charge in [0.05, 0.1) is 25.9 Å². The third-order valence-corrected chi connectivity index (χ3v) is 8.26. The van der Waals surface area contributed by atoms with Crippen molar-refractivity contribution in [3.05, 3.63) is 141 Å². The van der Waals surface area contributed by atoms with Gasteiger partial charge in [0.25, 0.3) is 5.56 Å². The van der Waals surface area contributed by atoms with Crippen molar-refractivity contribution in [3.63, 3.8) is 0 Å². The molecule has 3 saturated heterocycles. The van der Waals surface area contributed by atoms with Crippen molar-refractivity contribution in [1.29, 1.82) is 0 Å². The van der Waals surface area contributed by atoms with Crippen LogP contribution >= 0.6 is 0 Å². The van der Waals surface area contributed by atoms with Gasteiger partial charge >= 0.3 is 5.69 Å². The van der Waals surface area contributed by atoms with Gasteiger partial charge in [-0.05, 0) is 16.7 Å². The van der Waals surface area contributed by atoms with Gasteiger partial charge in [-0.2, -0.15) is 0 Å². The lowest BCUT2D eigenvalue weighted by molar-refractivity contribution is -0.158. The van der Waals surface area contributed by atoms with Gasteiger partial charge in [0.15, 0.2) is 6.23 Å². The molecule has 210 valence electrons. The van der Waals surface area contributed by atoms with E-state index >= 15 is 0 Å². The number of benzene rings is 3. The molecule has 5 atom stereocenters. The fraction of sp³-hybridized carbons (Fsp3) is 0.312. The number of hydrogen-bond acceptors (Lipinski definition) is 7. The molecule has 4 aromatic rings. The van der Waals surface area contributed by atoms with Crippen molar-refractivity contribution in [2.45, 2.75) is 36.3 Å². The normalized spacial score (nSPS) is 26.0. The van der Waals surface area contributed by atoms with Crippen LogP contribution in [-0.2, 0) is 24.5 Å². The number of H-pyrrole nitrogens is 1. The first-order valence-electron chi connectivity index (χ1n) is 13.9. The van der Waals surface area contributed by atoms with Crippen molar-refractivity contribution < 1.29 is 18.9 Å². The predicted octanol–water partition coefficient (Wildman–Crippen LogP) is 2.87. The number of ether oxygens (including phenoxy) is 4. The Hall–Kier alpha value is -3.86. The molecule has 0 amide bonds. The molecule has 1 N–H and O–H groups in total. The standard InChI is InChI=1S/C32H31N3O6/c36-26-16-17-35(31(37)33-26)30-29-28(34-18-19-38-21-27(34)41-29)25(40-30)20-39-32(22-10-4-1-5-11-22,23-12-6-2-7-13-23)24-14-8-3-9-15-24/h1-17,25,27-30H,18-21H2,(H,33,36,37)/t25-,27?,28-,29-,30-/m1/s1. The summed E-state index contributed by atoms with van der Waals surface area (Å²) < 4.78 is 27.2. The van der Waals surface area contributed by atoms with E-state index in [1.807, 2.05) is 54.6 Å². The van der Waals surface area contributed by atoms with Gasteiger partial charge < -0.3 is 18.9 Å². The molecule has 3 aliphatic rings. The lowest BCUT2D eigenvalue weighted by Gasteiger charge is -2.38. The Balaban J connectivity index is 1.30. The van der Waals surface area contributed by atoms with Gasteiger partial charge in [0, 0.05) is 18.8 Å². The first-order valence-corrected chi connectivity index (χ1v) is 13.9. The van der Waals surface area contributed by atoms with Crippen molar-refractivity contribution in [2.24, 2.45) is 0 Å². The summed E-state index contributed by atoms with van der Waals surface area (Å²) in [6, 6.07) is 31.7. The summed E-state index contributed by atoms with van der Waals surface area (Å²) in [5.41, 5.74) is 1.06. The number of nitrogens with one attached hydrogen (secondary N) is 1. The Morgan fingerprint density at radius 3 is 2.02 bits per heavy atom. The molecule has 9 nitrogen and oxygen atoms in total. The number of nitrogens with zero attached hydrogens (tertiary/aromatic N) is 2. The van der Waals surface area contributed by atoms with Gasteiger partial charge in [-0.1, -0.05) is 91.0 Å². The summed E-state index contributed by atoms with van der Waals surface area (Å²) in [6.45, 7) is 1.93. The van der Waals surface area contributed by atoms with Gasteiger partial charge in [-0.15, -0.1) is 0 Å². The minimum atomic E-state index is -0.917. The number of fused-ring (bicyclic) bond motifs is 3. The smallest absolute Gasteiger partial charge is 0.330 e. The minimum Gasteiger partial charge on any atom is -0.376 e. The minimum absolute atomic E-state index is 0.173. The maximum atomic E-state index is 12.8. The summed E-state index contributed by atoms with van der Waals surface area (Å²) in [7, 11) is 0. The summed E-state index contributed by atoms with van der Waals surface area (Å²) in [4.78, 5) is 29.2. The molecule has 41 heavy (non-hydrogen) atoms. The van der Waals surface area contributed by atoms with Gasteiger partial charge in [0.2, 0.25) is 0 Å². The Morgan fingerprint density at radius 1 is 0.829 bits per heavy atom. The average molecular weight is 554 g/mol. The molecule has 4 heterocycles. The zero-order valence-corrected chi connectivity index (χ0v) is 22.4. The Bertz CT molecular complexity index is 1500. The second-order valence-electron chi connectivity index (χ2n) is 10.5. The van der Waals surface area contributed by atoms with E-state index in [1.165, 1.54) is 16.8 Å². The molecule has 0 spiro atoms. The fourth-order valence-corrected chi connectivity index (χ4v) is 6.47. The Morgan fingerprint density at radius 2 is 1.44 bits per heavy atom. The maximum Gasteiger partial charge on any atom is 0.330 e. The van der Waals surface area contributed by atoms with E-state index < -0.39 is 35.3 Å². The van der Waals surface area contributed by atoms with Crippen LogP contribution in [0.25, 0.3) is 0 Å². The van der Waals surface area contributed by atoms with Crippen LogP contribution in [0.3, 0.4) is 0 Å². The van der Waals surface area contributed by atoms with Gasteiger partial charge in [-0.3, -0.25) is 19.2 Å². The van der Waals surface area contributed by atoms with Crippen LogP contribution in [0.4, 0.5) is 0 Å². The Kier molecular flexibility index (Phi) is 6.90. The largest absolute Gasteiger partial charge is 0.376 e. The van der Waals surface area contributed by atoms with Crippen LogP contribution in [0, 0.1) is 0 Å². The van der Waals surface area contributed by atoms with E-state index in [-0.39, 0.29) is 18.9 Å². The second-order valence-corrected chi connectivity index (χ2v) is 10.5. The van der Waals surface area contributed by atoms with Crippen molar-refractivity contribution in [1.82, 2.24) is 14.5 Å². The van der Waals surface area contributed by atoms with Crippen molar-refractivity contribution in [2.75, 3.05) is 26.4 Å². The number of hydrogen-bond donors (Lipinski definition) is 1.